The van der Waals surface area contributed by atoms with Gasteiger partial charge in [0.2, 0.25) is 0 Å². The van der Waals surface area contributed by atoms with Crippen LogP contribution in [-0.4, -0.2) is 40.0 Å². The van der Waals surface area contributed by atoms with Gasteiger partial charge >= 0.3 is 5.91 Å². The molecule has 4 aromatic rings. The number of benzene rings is 2. The first kappa shape index (κ1) is 23.5. The molecule has 2 aromatic carbocycles. The maximum Gasteiger partial charge on any atom is 0.301 e. The molecule has 1 amide bonds. The minimum absolute atomic E-state index is 0.0193. The highest BCUT2D eigenvalue weighted by atomic mass is 32.1. The van der Waals surface area contributed by atoms with Gasteiger partial charge in [-0.1, -0.05) is 23.5 Å². The molecule has 182 valence electrons. The molecule has 0 aliphatic carbocycles. The van der Waals surface area contributed by atoms with Gasteiger partial charge in [0.15, 0.2) is 5.13 Å². The zero-order chi connectivity index (χ0) is 25.2. The van der Waals surface area contributed by atoms with Gasteiger partial charge in [-0.3, -0.25) is 19.5 Å². The quantitative estimate of drug-likeness (QED) is 0.213. The van der Waals surface area contributed by atoms with E-state index < -0.39 is 17.7 Å². The summed E-state index contributed by atoms with van der Waals surface area (Å²) in [4.78, 5) is 36.8. The summed E-state index contributed by atoms with van der Waals surface area (Å²) in [6.07, 6.45) is 3.16. The summed E-state index contributed by atoms with van der Waals surface area (Å²) in [5, 5.41) is 11.7. The number of ketones is 1. The molecule has 2 aromatic heterocycles. The Morgan fingerprint density at radius 3 is 2.44 bits per heavy atom. The van der Waals surface area contributed by atoms with Crippen molar-refractivity contribution in [2.24, 2.45) is 0 Å². The Kier molecular flexibility index (Phi) is 6.39. The summed E-state index contributed by atoms with van der Waals surface area (Å²) in [5.41, 5.74) is 1.66. The molecule has 0 saturated carbocycles. The predicted octanol–water partition coefficient (Wildman–Crippen LogP) is 5.12. The van der Waals surface area contributed by atoms with Gasteiger partial charge in [0.1, 0.15) is 17.3 Å². The summed E-state index contributed by atoms with van der Waals surface area (Å²) in [5.74, 6) is -0.581. The highest BCUT2D eigenvalue weighted by Gasteiger charge is 2.48. The van der Waals surface area contributed by atoms with Crippen molar-refractivity contribution in [3.05, 3.63) is 83.7 Å². The highest BCUT2D eigenvalue weighted by Crippen LogP contribution is 2.44. The number of hydrogen-bond acceptors (Lipinski definition) is 8. The average molecular weight is 502 g/mol. The number of amides is 1. The fraction of sp³-hybridized carbons (Fsp3) is 0.185. The van der Waals surface area contributed by atoms with E-state index in [1.807, 2.05) is 32.0 Å². The van der Waals surface area contributed by atoms with Crippen molar-refractivity contribution in [3.63, 3.8) is 0 Å². The van der Waals surface area contributed by atoms with Crippen LogP contribution in [0.3, 0.4) is 0 Å². The van der Waals surface area contributed by atoms with Crippen LogP contribution in [-0.2, 0) is 9.59 Å². The monoisotopic (exact) mass is 501 g/mol. The fourth-order valence-electron chi connectivity index (χ4n) is 4.20. The van der Waals surface area contributed by atoms with Crippen molar-refractivity contribution in [3.8, 4) is 11.5 Å². The van der Waals surface area contributed by atoms with Gasteiger partial charge in [-0.25, -0.2) is 4.98 Å². The summed E-state index contributed by atoms with van der Waals surface area (Å²) in [6.45, 7) is 4.74. The Bertz CT molecular complexity index is 1480. The van der Waals surface area contributed by atoms with Gasteiger partial charge in [0, 0.05) is 18.0 Å². The lowest BCUT2D eigenvalue weighted by Crippen LogP contribution is -2.29. The molecule has 0 spiro atoms. The summed E-state index contributed by atoms with van der Waals surface area (Å²) in [6, 6.07) is 14.8. The summed E-state index contributed by atoms with van der Waals surface area (Å²) >= 11 is 1.28. The van der Waals surface area contributed by atoms with E-state index >= 15 is 0 Å². The van der Waals surface area contributed by atoms with E-state index in [4.69, 9.17) is 9.47 Å². The number of pyridine rings is 1. The summed E-state index contributed by atoms with van der Waals surface area (Å²) in [7, 11) is 0. The Labute approximate surface area is 211 Å². The number of carbonyl (C=O) groups excluding carboxylic acids is 2. The van der Waals surface area contributed by atoms with E-state index in [1.54, 1.807) is 48.8 Å². The van der Waals surface area contributed by atoms with Crippen LogP contribution in [0, 0.1) is 0 Å². The third-order valence-electron chi connectivity index (χ3n) is 5.75. The van der Waals surface area contributed by atoms with E-state index in [1.165, 1.54) is 16.2 Å². The lowest BCUT2D eigenvalue weighted by atomic mass is 9.96. The minimum Gasteiger partial charge on any atom is -0.507 e. The smallest absolute Gasteiger partial charge is 0.301 e. The van der Waals surface area contributed by atoms with Crippen molar-refractivity contribution < 1.29 is 24.2 Å². The number of carbonyl (C=O) groups is 2. The van der Waals surface area contributed by atoms with Gasteiger partial charge in [-0.05, 0) is 61.9 Å². The second kappa shape index (κ2) is 9.79. The Hall–Kier alpha value is -4.24. The van der Waals surface area contributed by atoms with Crippen LogP contribution in [0.4, 0.5) is 5.13 Å². The highest BCUT2D eigenvalue weighted by molar-refractivity contribution is 7.22. The van der Waals surface area contributed by atoms with Crippen LogP contribution >= 0.6 is 11.3 Å². The molecule has 3 heterocycles. The number of ether oxygens (including phenoxy) is 2. The van der Waals surface area contributed by atoms with Gasteiger partial charge < -0.3 is 14.6 Å². The molecule has 0 radical (unpaired) electrons. The third kappa shape index (κ3) is 4.18. The molecule has 5 rings (SSSR count). The Morgan fingerprint density at radius 1 is 1.00 bits per heavy atom. The number of hydrogen-bond donors (Lipinski definition) is 1. The summed E-state index contributed by atoms with van der Waals surface area (Å²) < 4.78 is 12.0. The molecule has 9 heteroatoms. The number of thiazole rings is 1. The number of fused-ring (bicyclic) bond motifs is 1. The normalized spacial score (nSPS) is 17.1. The zero-order valence-electron chi connectivity index (χ0n) is 19.7. The van der Waals surface area contributed by atoms with Gasteiger partial charge in [0.05, 0.1) is 35.0 Å². The van der Waals surface area contributed by atoms with Crippen LogP contribution < -0.4 is 14.4 Å². The molecule has 1 saturated heterocycles. The molecule has 0 bridgehead atoms. The molecule has 1 aliphatic heterocycles. The van der Waals surface area contributed by atoms with Crippen molar-refractivity contribution >= 4 is 44.1 Å². The van der Waals surface area contributed by atoms with Gasteiger partial charge in [0.25, 0.3) is 5.78 Å². The fourth-order valence-corrected chi connectivity index (χ4v) is 5.22. The lowest BCUT2D eigenvalue weighted by molar-refractivity contribution is -0.132. The lowest BCUT2D eigenvalue weighted by Gasteiger charge is -2.22. The first-order chi connectivity index (χ1) is 17.5. The van der Waals surface area contributed by atoms with E-state index in [9.17, 15) is 14.7 Å². The Morgan fingerprint density at radius 2 is 1.72 bits per heavy atom. The number of aliphatic hydroxyl groups is 1. The number of rotatable bonds is 7. The van der Waals surface area contributed by atoms with Gasteiger partial charge in [-0.15, -0.1) is 0 Å². The second-order valence-electron chi connectivity index (χ2n) is 7.97. The minimum atomic E-state index is -0.879. The van der Waals surface area contributed by atoms with Gasteiger partial charge in [-0.2, -0.15) is 0 Å². The molecular weight excluding hydrogens is 478 g/mol. The van der Waals surface area contributed by atoms with Crippen LogP contribution in [0.2, 0.25) is 0 Å². The van der Waals surface area contributed by atoms with Crippen molar-refractivity contribution in [2.75, 3.05) is 18.1 Å². The number of nitrogens with zero attached hydrogens (tertiary/aromatic N) is 3. The molecular formula is C27H23N3O5S. The molecule has 1 atom stereocenters. The van der Waals surface area contributed by atoms with Crippen molar-refractivity contribution in [2.45, 2.75) is 19.9 Å². The number of aliphatic hydroxyl groups excluding tert-OH is 1. The molecule has 1 N–H and O–H groups in total. The third-order valence-corrected chi connectivity index (χ3v) is 6.77. The molecule has 1 fully saturated rings. The largest absolute Gasteiger partial charge is 0.507 e. The zero-order valence-corrected chi connectivity index (χ0v) is 20.5. The average Bonchev–Trinajstić information content (AvgIpc) is 3.42. The maximum atomic E-state index is 13.4. The van der Waals surface area contributed by atoms with Crippen LogP contribution in [0.25, 0.3) is 16.0 Å². The number of aromatic nitrogens is 2. The SMILES string of the molecule is CCOc1cccc(C(O)=C2C(=O)C(=O)N(c3nc4ccc(OCC)cc4s3)C2c2ccncc2)c1. The maximum absolute atomic E-state index is 13.4. The molecule has 1 aliphatic rings. The standard InChI is InChI=1S/C27H23N3O5S/c1-3-34-18-7-5-6-17(14-18)24(31)22-23(16-10-12-28-13-11-16)30(26(33)25(22)32)27-29-20-9-8-19(35-4-2)15-21(20)36-27/h5-15,23,31H,3-4H2,1-2H3. The predicted molar refractivity (Wildman–Crippen MR) is 137 cm³/mol. The van der Waals surface area contributed by atoms with Crippen LogP contribution in [0.15, 0.2) is 72.6 Å². The first-order valence-corrected chi connectivity index (χ1v) is 12.3. The van der Waals surface area contributed by atoms with Crippen molar-refractivity contribution in [1.82, 2.24) is 9.97 Å². The van der Waals surface area contributed by atoms with E-state index in [-0.39, 0.29) is 11.3 Å². The first-order valence-electron chi connectivity index (χ1n) is 11.5. The van der Waals surface area contributed by atoms with Crippen molar-refractivity contribution in [1.29, 1.82) is 0 Å². The molecule has 36 heavy (non-hydrogen) atoms. The topological polar surface area (TPSA) is 102 Å². The van der Waals surface area contributed by atoms with E-state index in [0.717, 1.165) is 4.70 Å². The number of anilines is 1. The van der Waals surface area contributed by atoms with E-state index in [0.29, 0.717) is 46.5 Å². The van der Waals surface area contributed by atoms with Crippen LogP contribution in [0.5, 0.6) is 11.5 Å². The number of Topliss-reactive ketones (excluding diaryl/α,β-unsaturated/α-hetero) is 1. The molecule has 1 unspecified atom stereocenters. The van der Waals surface area contributed by atoms with E-state index in [2.05, 4.69) is 9.97 Å². The van der Waals surface area contributed by atoms with Crippen LogP contribution in [0.1, 0.15) is 31.0 Å². The molecule has 8 nitrogen and oxygen atoms in total. The Balaban J connectivity index is 1.67. The second-order valence-corrected chi connectivity index (χ2v) is 8.98.